The van der Waals surface area contributed by atoms with E-state index in [1.807, 2.05) is 12.3 Å². The smallest absolute Gasteiger partial charge is 0.0404 e. The van der Waals surface area contributed by atoms with Crippen molar-refractivity contribution in [2.75, 3.05) is 6.54 Å². The second-order valence-corrected chi connectivity index (χ2v) is 4.66. The minimum Gasteiger partial charge on any atom is -0.314 e. The van der Waals surface area contributed by atoms with E-state index in [9.17, 15) is 0 Å². The molecule has 0 spiro atoms. The lowest BCUT2D eigenvalue weighted by atomic mass is 9.98. The van der Waals surface area contributed by atoms with Crippen LogP contribution in [0.3, 0.4) is 0 Å². The van der Waals surface area contributed by atoms with Gasteiger partial charge in [-0.3, -0.25) is 4.98 Å². The molecule has 1 atom stereocenters. The number of hydrogen-bond donors (Lipinski definition) is 1. The molecule has 1 rings (SSSR count). The Kier molecular flexibility index (Phi) is 6.09. The second-order valence-electron chi connectivity index (χ2n) is 4.66. The van der Waals surface area contributed by atoms with Crippen molar-refractivity contribution in [1.82, 2.24) is 10.3 Å². The first-order valence-corrected chi connectivity index (χ1v) is 6.37. The van der Waals surface area contributed by atoms with Crippen LogP contribution in [0.25, 0.3) is 0 Å². The quantitative estimate of drug-likeness (QED) is 0.764. The fourth-order valence-electron chi connectivity index (χ4n) is 1.85. The van der Waals surface area contributed by atoms with Crippen LogP contribution in [0.2, 0.25) is 0 Å². The molecule has 0 saturated heterocycles. The Morgan fingerprint density at radius 2 is 2.12 bits per heavy atom. The highest BCUT2D eigenvalue weighted by atomic mass is 14.9. The summed E-state index contributed by atoms with van der Waals surface area (Å²) in [5.41, 5.74) is 1.20. The van der Waals surface area contributed by atoms with E-state index in [2.05, 4.69) is 43.2 Å². The molecule has 2 nitrogen and oxygen atoms in total. The molecule has 16 heavy (non-hydrogen) atoms. The summed E-state index contributed by atoms with van der Waals surface area (Å²) in [6.07, 6.45) is 5.32. The zero-order chi connectivity index (χ0) is 11.8. The fourth-order valence-corrected chi connectivity index (χ4v) is 1.85. The molecule has 0 amide bonds. The Morgan fingerprint density at radius 3 is 2.69 bits per heavy atom. The van der Waals surface area contributed by atoms with Crippen molar-refractivity contribution in [3.8, 4) is 0 Å². The lowest BCUT2D eigenvalue weighted by molar-refractivity contribution is 0.377. The van der Waals surface area contributed by atoms with Crippen molar-refractivity contribution in [1.29, 1.82) is 0 Å². The van der Waals surface area contributed by atoms with Crippen molar-refractivity contribution in [2.24, 2.45) is 5.92 Å². The zero-order valence-electron chi connectivity index (χ0n) is 10.7. The van der Waals surface area contributed by atoms with Crippen LogP contribution in [-0.4, -0.2) is 17.6 Å². The van der Waals surface area contributed by atoms with E-state index in [-0.39, 0.29) is 0 Å². The SMILES string of the molecule is CCCNC(CCc1ccccn1)C(C)C. The van der Waals surface area contributed by atoms with E-state index in [1.54, 1.807) is 0 Å². The monoisotopic (exact) mass is 220 g/mol. The average molecular weight is 220 g/mol. The molecule has 1 heterocycles. The molecule has 1 aromatic rings. The summed E-state index contributed by atoms with van der Waals surface area (Å²) in [6.45, 7) is 7.89. The first-order valence-electron chi connectivity index (χ1n) is 6.37. The number of nitrogens with zero attached hydrogens (tertiary/aromatic N) is 1. The van der Waals surface area contributed by atoms with Crippen LogP contribution < -0.4 is 5.32 Å². The van der Waals surface area contributed by atoms with E-state index in [0.29, 0.717) is 12.0 Å². The summed E-state index contributed by atoms with van der Waals surface area (Å²) in [5.74, 6) is 0.690. The summed E-state index contributed by atoms with van der Waals surface area (Å²) < 4.78 is 0. The van der Waals surface area contributed by atoms with Gasteiger partial charge in [0.2, 0.25) is 0 Å². The van der Waals surface area contributed by atoms with Gasteiger partial charge in [0.05, 0.1) is 0 Å². The van der Waals surface area contributed by atoms with Crippen LogP contribution in [0.1, 0.15) is 39.3 Å². The van der Waals surface area contributed by atoms with Crippen LogP contribution in [0.5, 0.6) is 0 Å². The van der Waals surface area contributed by atoms with E-state index in [0.717, 1.165) is 13.0 Å². The number of nitrogens with one attached hydrogen (secondary N) is 1. The Bertz CT molecular complexity index is 269. The molecular weight excluding hydrogens is 196 g/mol. The van der Waals surface area contributed by atoms with Gasteiger partial charge in [0, 0.05) is 17.9 Å². The molecule has 1 N–H and O–H groups in total. The maximum absolute atomic E-state index is 4.36. The van der Waals surface area contributed by atoms with Crippen molar-refractivity contribution in [2.45, 2.75) is 46.1 Å². The van der Waals surface area contributed by atoms with Gasteiger partial charge >= 0.3 is 0 Å². The van der Waals surface area contributed by atoms with Gasteiger partial charge in [-0.25, -0.2) is 0 Å². The molecule has 90 valence electrons. The van der Waals surface area contributed by atoms with E-state index < -0.39 is 0 Å². The molecule has 0 bridgehead atoms. The van der Waals surface area contributed by atoms with E-state index >= 15 is 0 Å². The Morgan fingerprint density at radius 1 is 1.31 bits per heavy atom. The molecule has 1 aromatic heterocycles. The largest absolute Gasteiger partial charge is 0.314 e. The average Bonchev–Trinajstić information content (AvgIpc) is 2.30. The lowest BCUT2D eigenvalue weighted by Crippen LogP contribution is -2.34. The number of pyridine rings is 1. The Hall–Kier alpha value is -0.890. The minimum atomic E-state index is 0.613. The molecule has 0 aliphatic carbocycles. The summed E-state index contributed by atoms with van der Waals surface area (Å²) in [6, 6.07) is 6.75. The second kappa shape index (κ2) is 7.39. The fraction of sp³-hybridized carbons (Fsp3) is 0.643. The molecule has 0 fully saturated rings. The van der Waals surface area contributed by atoms with Crippen LogP contribution in [0.15, 0.2) is 24.4 Å². The molecule has 0 aromatic carbocycles. The standard InChI is InChI=1S/C14H24N2/c1-4-10-16-14(12(2)3)9-8-13-7-5-6-11-15-13/h5-7,11-12,14,16H,4,8-10H2,1-3H3. The van der Waals surface area contributed by atoms with Gasteiger partial charge in [-0.15, -0.1) is 0 Å². The summed E-state index contributed by atoms with van der Waals surface area (Å²) in [5, 5.41) is 3.61. The Balaban J connectivity index is 2.38. The third-order valence-electron chi connectivity index (χ3n) is 2.90. The summed E-state index contributed by atoms with van der Waals surface area (Å²) in [7, 11) is 0. The van der Waals surface area contributed by atoms with Crippen LogP contribution in [0, 0.1) is 5.92 Å². The molecule has 2 heteroatoms. The molecule has 1 unspecified atom stereocenters. The maximum atomic E-state index is 4.36. The highest BCUT2D eigenvalue weighted by Gasteiger charge is 2.12. The van der Waals surface area contributed by atoms with Gasteiger partial charge in [-0.1, -0.05) is 26.8 Å². The molecule has 0 aliphatic heterocycles. The van der Waals surface area contributed by atoms with Gasteiger partial charge in [0.1, 0.15) is 0 Å². The van der Waals surface area contributed by atoms with Gasteiger partial charge in [-0.05, 0) is 43.9 Å². The predicted molar refractivity (Wildman–Crippen MR) is 69.5 cm³/mol. The number of hydrogen-bond acceptors (Lipinski definition) is 2. The Labute approximate surface area is 99.5 Å². The van der Waals surface area contributed by atoms with Gasteiger partial charge in [-0.2, -0.15) is 0 Å². The molecule has 0 saturated carbocycles. The topological polar surface area (TPSA) is 24.9 Å². The number of aryl methyl sites for hydroxylation is 1. The van der Waals surface area contributed by atoms with Gasteiger partial charge < -0.3 is 5.32 Å². The van der Waals surface area contributed by atoms with Crippen molar-refractivity contribution in [3.05, 3.63) is 30.1 Å². The van der Waals surface area contributed by atoms with Gasteiger partial charge in [0.15, 0.2) is 0 Å². The van der Waals surface area contributed by atoms with Crippen molar-refractivity contribution >= 4 is 0 Å². The highest BCUT2D eigenvalue weighted by molar-refractivity contribution is 5.03. The molecular formula is C14H24N2. The highest BCUT2D eigenvalue weighted by Crippen LogP contribution is 2.09. The van der Waals surface area contributed by atoms with Crippen LogP contribution in [-0.2, 0) is 6.42 Å². The van der Waals surface area contributed by atoms with Crippen molar-refractivity contribution < 1.29 is 0 Å². The van der Waals surface area contributed by atoms with Crippen LogP contribution >= 0.6 is 0 Å². The maximum Gasteiger partial charge on any atom is 0.0404 e. The van der Waals surface area contributed by atoms with E-state index in [1.165, 1.54) is 18.5 Å². The normalized spacial score (nSPS) is 13.0. The van der Waals surface area contributed by atoms with Gasteiger partial charge in [0.25, 0.3) is 0 Å². The molecule has 0 aliphatic rings. The minimum absolute atomic E-state index is 0.613. The lowest BCUT2D eigenvalue weighted by Gasteiger charge is -2.22. The van der Waals surface area contributed by atoms with Crippen molar-refractivity contribution in [3.63, 3.8) is 0 Å². The summed E-state index contributed by atoms with van der Waals surface area (Å²) >= 11 is 0. The predicted octanol–water partition coefficient (Wildman–Crippen LogP) is 3.04. The number of rotatable bonds is 7. The third kappa shape index (κ3) is 4.75. The number of aromatic nitrogens is 1. The third-order valence-corrected chi connectivity index (χ3v) is 2.90. The molecule has 0 radical (unpaired) electrons. The van der Waals surface area contributed by atoms with E-state index in [4.69, 9.17) is 0 Å². The first kappa shape index (κ1) is 13.2. The zero-order valence-corrected chi connectivity index (χ0v) is 10.7. The first-order chi connectivity index (χ1) is 7.74. The summed E-state index contributed by atoms with van der Waals surface area (Å²) in [4.78, 5) is 4.36. The van der Waals surface area contributed by atoms with Crippen LogP contribution in [0.4, 0.5) is 0 Å².